The van der Waals surface area contributed by atoms with Crippen LogP contribution in [0.3, 0.4) is 0 Å². The number of rotatable bonds is 3. The number of carbonyl (C=O) groups is 1. The second-order valence-corrected chi connectivity index (χ2v) is 4.05. The molecule has 1 aromatic rings. The Morgan fingerprint density at radius 3 is 2.50 bits per heavy atom. The van der Waals surface area contributed by atoms with Crippen molar-refractivity contribution in [3.05, 3.63) is 20.8 Å². The molecule has 0 aliphatic heterocycles. The van der Waals surface area contributed by atoms with Crippen molar-refractivity contribution in [3.63, 3.8) is 0 Å². The first-order valence-electron chi connectivity index (χ1n) is 5.30. The van der Waals surface area contributed by atoms with Crippen LogP contribution >= 0.6 is 0 Å². The van der Waals surface area contributed by atoms with Gasteiger partial charge >= 0.3 is 5.69 Å². The summed E-state index contributed by atoms with van der Waals surface area (Å²) >= 11 is 0. The number of aliphatic hydroxyl groups is 1. The summed E-state index contributed by atoms with van der Waals surface area (Å²) in [5.41, 5.74) is 4.18. The fourth-order valence-electron chi connectivity index (χ4n) is 1.52. The van der Waals surface area contributed by atoms with Gasteiger partial charge in [0.15, 0.2) is 0 Å². The number of carbonyl (C=O) groups excluding carboxylic acids is 1. The third-order valence-corrected chi connectivity index (χ3v) is 2.33. The highest BCUT2D eigenvalue weighted by molar-refractivity contribution is 5.91. The van der Waals surface area contributed by atoms with E-state index in [9.17, 15) is 19.5 Å². The lowest BCUT2D eigenvalue weighted by Gasteiger charge is -2.16. The number of nitrogens with one attached hydrogen (secondary N) is 1. The second-order valence-electron chi connectivity index (χ2n) is 4.05. The van der Waals surface area contributed by atoms with Crippen molar-refractivity contribution in [3.8, 4) is 0 Å². The number of nitrogen functional groups attached to an aromatic ring is 1. The first-order valence-corrected chi connectivity index (χ1v) is 5.30. The van der Waals surface area contributed by atoms with Gasteiger partial charge in [0.1, 0.15) is 11.5 Å². The first kappa shape index (κ1) is 14.0. The predicted molar refractivity (Wildman–Crippen MR) is 66.3 cm³/mol. The summed E-state index contributed by atoms with van der Waals surface area (Å²) in [7, 11) is 1.27. The van der Waals surface area contributed by atoms with Crippen molar-refractivity contribution < 1.29 is 9.90 Å². The van der Waals surface area contributed by atoms with E-state index in [1.165, 1.54) is 20.9 Å². The number of aliphatic hydroxyl groups excluding tert-OH is 1. The number of anilines is 2. The minimum Gasteiger partial charge on any atom is -0.392 e. The van der Waals surface area contributed by atoms with Gasteiger partial charge in [-0.2, -0.15) is 0 Å². The van der Waals surface area contributed by atoms with Gasteiger partial charge in [0.05, 0.1) is 12.6 Å². The third-order valence-electron chi connectivity index (χ3n) is 2.33. The molecule has 0 aliphatic rings. The van der Waals surface area contributed by atoms with E-state index in [1.807, 2.05) is 0 Å². The molecule has 1 aromatic heterocycles. The van der Waals surface area contributed by atoms with Crippen LogP contribution in [0.2, 0.25) is 0 Å². The number of nitrogens with two attached hydrogens (primary N) is 1. The lowest BCUT2D eigenvalue weighted by Crippen LogP contribution is -2.42. The largest absolute Gasteiger partial charge is 0.392 e. The molecule has 4 N–H and O–H groups in total. The number of aromatic nitrogens is 2. The summed E-state index contributed by atoms with van der Waals surface area (Å²) in [5, 5.41) is 11.6. The smallest absolute Gasteiger partial charge is 0.332 e. The molecule has 0 aromatic carbocycles. The molecule has 1 amide bonds. The third kappa shape index (κ3) is 2.59. The summed E-state index contributed by atoms with van der Waals surface area (Å²) in [6, 6.07) is 0. The van der Waals surface area contributed by atoms with E-state index in [2.05, 4.69) is 5.32 Å². The van der Waals surface area contributed by atoms with Gasteiger partial charge < -0.3 is 16.2 Å². The highest BCUT2D eigenvalue weighted by atomic mass is 16.3. The Bertz CT molecular complexity index is 585. The molecule has 1 atom stereocenters. The zero-order chi connectivity index (χ0) is 14.0. The van der Waals surface area contributed by atoms with Crippen LogP contribution in [0.4, 0.5) is 11.5 Å². The minimum absolute atomic E-state index is 0.0641. The van der Waals surface area contributed by atoms with Gasteiger partial charge in [0.2, 0.25) is 5.91 Å². The number of hydrogen-bond acceptors (Lipinski definition) is 5. The summed E-state index contributed by atoms with van der Waals surface area (Å²) < 4.78 is 1.86. The van der Waals surface area contributed by atoms with Gasteiger partial charge in [-0.25, -0.2) is 4.79 Å². The zero-order valence-electron chi connectivity index (χ0n) is 10.4. The summed E-state index contributed by atoms with van der Waals surface area (Å²) in [6.07, 6.45) is -0.812. The summed E-state index contributed by atoms with van der Waals surface area (Å²) in [4.78, 5) is 34.6. The van der Waals surface area contributed by atoms with Gasteiger partial charge in [-0.3, -0.25) is 18.7 Å². The minimum atomic E-state index is -0.812. The van der Waals surface area contributed by atoms with E-state index < -0.39 is 23.3 Å². The fourth-order valence-corrected chi connectivity index (χ4v) is 1.52. The maximum Gasteiger partial charge on any atom is 0.332 e. The van der Waals surface area contributed by atoms with E-state index >= 15 is 0 Å². The van der Waals surface area contributed by atoms with Crippen molar-refractivity contribution in [2.24, 2.45) is 7.05 Å². The zero-order valence-corrected chi connectivity index (χ0v) is 10.4. The molecule has 18 heavy (non-hydrogen) atoms. The molecule has 0 saturated carbocycles. The molecule has 0 spiro atoms. The maximum absolute atomic E-state index is 11.8. The van der Waals surface area contributed by atoms with Crippen LogP contribution < -0.4 is 22.3 Å². The fraction of sp³-hybridized carbons (Fsp3) is 0.500. The van der Waals surface area contributed by atoms with Crippen LogP contribution in [0.25, 0.3) is 0 Å². The Morgan fingerprint density at radius 1 is 1.50 bits per heavy atom. The monoisotopic (exact) mass is 256 g/mol. The Balaban J connectivity index is 3.54. The molecule has 0 radical (unpaired) electrons. The van der Waals surface area contributed by atoms with Crippen LogP contribution in [-0.4, -0.2) is 26.3 Å². The number of hydrogen-bond donors (Lipinski definition) is 3. The molecule has 100 valence electrons. The molecular formula is C10H16N4O4. The predicted octanol–water partition coefficient (Wildman–Crippen LogP) is -1.53. The van der Waals surface area contributed by atoms with Crippen molar-refractivity contribution in [2.75, 3.05) is 11.1 Å². The van der Waals surface area contributed by atoms with E-state index in [0.29, 0.717) is 0 Å². The van der Waals surface area contributed by atoms with Crippen molar-refractivity contribution in [1.29, 1.82) is 0 Å². The molecule has 1 heterocycles. The van der Waals surface area contributed by atoms with E-state index in [1.54, 1.807) is 0 Å². The average molecular weight is 256 g/mol. The van der Waals surface area contributed by atoms with Crippen molar-refractivity contribution in [2.45, 2.75) is 26.5 Å². The Morgan fingerprint density at radius 2 is 2.06 bits per heavy atom. The van der Waals surface area contributed by atoms with Crippen molar-refractivity contribution in [1.82, 2.24) is 9.13 Å². The van der Waals surface area contributed by atoms with Gasteiger partial charge in [-0.1, -0.05) is 0 Å². The van der Waals surface area contributed by atoms with Gasteiger partial charge in [-0.15, -0.1) is 0 Å². The Labute approximate surface area is 103 Å². The van der Waals surface area contributed by atoms with Crippen LogP contribution in [0.5, 0.6) is 0 Å². The molecule has 0 saturated heterocycles. The average Bonchev–Trinajstić information content (AvgIpc) is 2.27. The Hall–Kier alpha value is -2.09. The Kier molecular flexibility index (Phi) is 3.92. The van der Waals surface area contributed by atoms with Crippen LogP contribution in [0, 0.1) is 0 Å². The SMILES string of the molecule is CC(=O)Nc1c(N)n(CC(C)O)c(=O)n(C)c1=O. The lowest BCUT2D eigenvalue weighted by molar-refractivity contribution is -0.114. The maximum atomic E-state index is 11.8. The molecule has 1 unspecified atom stereocenters. The normalized spacial score (nSPS) is 12.2. The molecule has 0 fully saturated rings. The van der Waals surface area contributed by atoms with E-state index in [4.69, 9.17) is 5.73 Å². The molecule has 1 rings (SSSR count). The van der Waals surface area contributed by atoms with Gasteiger partial charge in [0, 0.05) is 14.0 Å². The van der Waals surface area contributed by atoms with Crippen LogP contribution in [0.15, 0.2) is 9.59 Å². The van der Waals surface area contributed by atoms with Crippen LogP contribution in [0.1, 0.15) is 13.8 Å². The molecular weight excluding hydrogens is 240 g/mol. The number of nitrogens with zero attached hydrogens (tertiary/aromatic N) is 2. The highest BCUT2D eigenvalue weighted by Crippen LogP contribution is 2.10. The second kappa shape index (κ2) is 5.05. The molecule has 0 aliphatic carbocycles. The summed E-state index contributed by atoms with van der Waals surface area (Å²) in [5.74, 6) is -0.639. The highest BCUT2D eigenvalue weighted by Gasteiger charge is 2.16. The molecule has 8 heteroatoms. The quantitative estimate of drug-likeness (QED) is 0.606. The number of amides is 1. The first-order chi connectivity index (χ1) is 8.25. The van der Waals surface area contributed by atoms with Gasteiger partial charge in [0.25, 0.3) is 5.56 Å². The van der Waals surface area contributed by atoms with E-state index in [0.717, 1.165) is 9.13 Å². The van der Waals surface area contributed by atoms with E-state index in [-0.39, 0.29) is 18.1 Å². The van der Waals surface area contributed by atoms with Gasteiger partial charge in [-0.05, 0) is 6.92 Å². The van der Waals surface area contributed by atoms with Crippen LogP contribution in [-0.2, 0) is 18.4 Å². The molecule has 8 nitrogen and oxygen atoms in total. The standard InChI is InChI=1S/C10H16N4O4/c1-5(15)4-14-8(11)7(12-6(2)16)9(17)13(3)10(14)18/h5,15H,4,11H2,1-3H3,(H,12,16). The molecule has 0 bridgehead atoms. The lowest BCUT2D eigenvalue weighted by atomic mass is 10.3. The topological polar surface area (TPSA) is 119 Å². The van der Waals surface area contributed by atoms with Crippen molar-refractivity contribution >= 4 is 17.4 Å². The summed E-state index contributed by atoms with van der Waals surface area (Å²) in [6.45, 7) is 2.64.